The van der Waals surface area contributed by atoms with E-state index in [2.05, 4.69) is 37.8 Å². The second-order valence-electron chi connectivity index (χ2n) is 8.78. The number of carbonyl (C=O) groups excluding carboxylic acids is 1. The number of piperidine rings is 1. The third-order valence-corrected chi connectivity index (χ3v) is 6.33. The van der Waals surface area contributed by atoms with Crippen LogP contribution in [-0.2, 0) is 11.3 Å². The number of halogens is 1. The molecule has 0 aromatic heterocycles. The van der Waals surface area contributed by atoms with Gasteiger partial charge in [0.05, 0.1) is 18.3 Å². The lowest BCUT2D eigenvalue weighted by Crippen LogP contribution is -2.54. The lowest BCUT2D eigenvalue weighted by molar-refractivity contribution is -0.135. The maximum atomic E-state index is 14.0. The molecule has 2 aliphatic rings. The van der Waals surface area contributed by atoms with E-state index in [9.17, 15) is 4.79 Å². The molecule has 0 bridgehead atoms. The van der Waals surface area contributed by atoms with E-state index in [4.69, 9.17) is 16.6 Å². The van der Waals surface area contributed by atoms with Crippen molar-refractivity contribution >= 4 is 29.0 Å². The molecule has 2 aliphatic heterocycles. The molecule has 158 valence electrons. The molecule has 0 aliphatic carbocycles. The number of hydrogen-bond acceptors (Lipinski definition) is 3. The number of carbonyl (C=O) groups is 1. The molecule has 1 unspecified atom stereocenters. The van der Waals surface area contributed by atoms with Crippen molar-refractivity contribution < 1.29 is 4.79 Å². The van der Waals surface area contributed by atoms with Gasteiger partial charge in [0.25, 0.3) is 0 Å². The Balaban J connectivity index is 1.75. The van der Waals surface area contributed by atoms with Gasteiger partial charge >= 0.3 is 0 Å². The highest BCUT2D eigenvalue weighted by atomic mass is 35.5. The molecular formula is C25H30ClN3O. The average Bonchev–Trinajstić information content (AvgIpc) is 2.74. The number of amides is 1. The summed E-state index contributed by atoms with van der Waals surface area (Å²) in [5.41, 5.74) is 4.14. The summed E-state index contributed by atoms with van der Waals surface area (Å²) in [5, 5.41) is 0.678. The Morgan fingerprint density at radius 2 is 1.73 bits per heavy atom. The highest BCUT2D eigenvalue weighted by Crippen LogP contribution is 2.31. The van der Waals surface area contributed by atoms with E-state index in [1.54, 1.807) is 0 Å². The second-order valence-corrected chi connectivity index (χ2v) is 9.22. The summed E-state index contributed by atoms with van der Waals surface area (Å²) in [6.07, 6.45) is 3.58. The minimum absolute atomic E-state index is 0.130. The van der Waals surface area contributed by atoms with Crippen molar-refractivity contribution in [2.45, 2.75) is 52.6 Å². The molecule has 5 heteroatoms. The number of rotatable bonds is 4. The van der Waals surface area contributed by atoms with Crippen LogP contribution < -0.4 is 0 Å². The first-order chi connectivity index (χ1) is 14.4. The van der Waals surface area contributed by atoms with Crippen LogP contribution in [0.4, 0.5) is 5.69 Å². The van der Waals surface area contributed by atoms with Gasteiger partial charge < -0.3 is 0 Å². The molecule has 4 rings (SSSR count). The minimum atomic E-state index is -0.130. The summed E-state index contributed by atoms with van der Waals surface area (Å²) >= 11 is 6.11. The number of hydrogen-bond donors (Lipinski definition) is 0. The number of nitrogens with zero attached hydrogens (tertiary/aromatic N) is 3. The second kappa shape index (κ2) is 8.91. The van der Waals surface area contributed by atoms with Crippen LogP contribution in [0, 0.1) is 12.8 Å². The van der Waals surface area contributed by atoms with Crippen molar-refractivity contribution in [3.05, 3.63) is 64.2 Å². The van der Waals surface area contributed by atoms with Crippen molar-refractivity contribution in [3.63, 3.8) is 0 Å². The molecule has 2 aromatic carbocycles. The topological polar surface area (TPSA) is 35.9 Å². The van der Waals surface area contributed by atoms with E-state index in [0.717, 1.165) is 48.6 Å². The highest BCUT2D eigenvalue weighted by Gasteiger charge is 2.36. The Morgan fingerprint density at radius 3 is 2.40 bits per heavy atom. The Hall–Kier alpha value is -2.17. The quantitative estimate of drug-likeness (QED) is 0.643. The van der Waals surface area contributed by atoms with Gasteiger partial charge in [-0.05, 0) is 74.7 Å². The SMILES string of the molecule is Cc1ccc2c(c1)CN(C(=O)C(C(C)C)N1CCCCC1)C(c1ccc(Cl)cc1)=N2. The first kappa shape index (κ1) is 21.1. The molecule has 2 aromatic rings. The zero-order valence-corrected chi connectivity index (χ0v) is 18.8. The Labute approximate surface area is 184 Å². The largest absolute Gasteiger partial charge is 0.292 e. The molecule has 0 radical (unpaired) electrons. The smallest absolute Gasteiger partial charge is 0.246 e. The molecule has 1 saturated heterocycles. The van der Waals surface area contributed by atoms with E-state index in [0.29, 0.717) is 11.6 Å². The number of fused-ring (bicyclic) bond motifs is 1. The van der Waals surface area contributed by atoms with Crippen molar-refractivity contribution in [3.8, 4) is 0 Å². The molecule has 1 amide bonds. The van der Waals surface area contributed by atoms with E-state index in [1.807, 2.05) is 35.2 Å². The number of likely N-dealkylation sites (tertiary alicyclic amines) is 1. The summed E-state index contributed by atoms with van der Waals surface area (Å²) < 4.78 is 0. The van der Waals surface area contributed by atoms with Crippen molar-refractivity contribution in [2.75, 3.05) is 13.1 Å². The van der Waals surface area contributed by atoms with Crippen LogP contribution in [0.25, 0.3) is 0 Å². The number of benzene rings is 2. The van der Waals surface area contributed by atoms with Gasteiger partial charge in [-0.15, -0.1) is 0 Å². The van der Waals surface area contributed by atoms with Crippen LogP contribution in [0.2, 0.25) is 5.02 Å². The minimum Gasteiger partial charge on any atom is -0.292 e. The predicted octanol–water partition coefficient (Wildman–Crippen LogP) is 5.58. The highest BCUT2D eigenvalue weighted by molar-refractivity contribution is 6.30. The molecule has 0 N–H and O–H groups in total. The van der Waals surface area contributed by atoms with Gasteiger partial charge in [0.15, 0.2) is 0 Å². The van der Waals surface area contributed by atoms with Gasteiger partial charge in [-0.25, -0.2) is 4.99 Å². The molecule has 1 fully saturated rings. The lowest BCUT2D eigenvalue weighted by atomic mass is 9.96. The van der Waals surface area contributed by atoms with Gasteiger partial charge in [-0.1, -0.05) is 49.6 Å². The molecular weight excluding hydrogens is 394 g/mol. The standard InChI is InChI=1S/C25H30ClN3O/c1-17(2)23(28-13-5-4-6-14-28)25(30)29-16-20-15-18(3)7-12-22(20)27-24(29)19-8-10-21(26)11-9-19/h7-12,15,17,23H,4-6,13-14,16H2,1-3H3. The first-order valence-corrected chi connectivity index (χ1v) is 11.3. The van der Waals surface area contributed by atoms with Crippen molar-refractivity contribution in [1.82, 2.24) is 9.80 Å². The van der Waals surface area contributed by atoms with Crippen molar-refractivity contribution in [2.24, 2.45) is 10.9 Å². The molecule has 4 nitrogen and oxygen atoms in total. The first-order valence-electron chi connectivity index (χ1n) is 10.9. The number of amidine groups is 1. The molecule has 0 spiro atoms. The summed E-state index contributed by atoms with van der Waals surface area (Å²) in [5.74, 6) is 1.10. The predicted molar refractivity (Wildman–Crippen MR) is 123 cm³/mol. The van der Waals surface area contributed by atoms with Crippen LogP contribution >= 0.6 is 11.6 Å². The van der Waals surface area contributed by atoms with E-state index < -0.39 is 0 Å². The van der Waals surface area contributed by atoms with Gasteiger partial charge in [-0.2, -0.15) is 0 Å². The molecule has 30 heavy (non-hydrogen) atoms. The van der Waals surface area contributed by atoms with Gasteiger partial charge in [0.2, 0.25) is 5.91 Å². The molecule has 0 saturated carbocycles. The fourth-order valence-corrected chi connectivity index (χ4v) is 4.72. The Kier molecular flexibility index (Phi) is 6.26. The lowest BCUT2D eigenvalue weighted by Gasteiger charge is -2.40. The zero-order chi connectivity index (χ0) is 21.3. The molecule has 2 heterocycles. The average molecular weight is 424 g/mol. The fourth-order valence-electron chi connectivity index (χ4n) is 4.59. The van der Waals surface area contributed by atoms with E-state index in [1.165, 1.54) is 12.0 Å². The third-order valence-electron chi connectivity index (χ3n) is 6.08. The van der Waals surface area contributed by atoms with Gasteiger partial charge in [-0.3, -0.25) is 14.6 Å². The zero-order valence-electron chi connectivity index (χ0n) is 18.1. The normalized spacial score (nSPS) is 18.2. The maximum absolute atomic E-state index is 14.0. The Morgan fingerprint density at radius 1 is 1.03 bits per heavy atom. The number of aliphatic imine (C=N–C) groups is 1. The summed E-state index contributed by atoms with van der Waals surface area (Å²) in [7, 11) is 0. The molecule has 1 atom stereocenters. The van der Waals surface area contributed by atoms with E-state index in [-0.39, 0.29) is 17.9 Å². The fraction of sp³-hybridized carbons (Fsp3) is 0.440. The summed E-state index contributed by atoms with van der Waals surface area (Å²) in [4.78, 5) is 23.2. The number of aryl methyl sites for hydroxylation is 1. The van der Waals surface area contributed by atoms with Crippen LogP contribution in [0.1, 0.15) is 49.8 Å². The van der Waals surface area contributed by atoms with E-state index >= 15 is 0 Å². The van der Waals surface area contributed by atoms with Crippen LogP contribution in [0.3, 0.4) is 0 Å². The Bertz CT molecular complexity index is 945. The summed E-state index contributed by atoms with van der Waals surface area (Å²) in [6.45, 7) is 8.91. The van der Waals surface area contributed by atoms with Gasteiger partial charge in [0, 0.05) is 10.6 Å². The van der Waals surface area contributed by atoms with Crippen LogP contribution in [0.15, 0.2) is 47.5 Å². The van der Waals surface area contributed by atoms with Crippen LogP contribution in [-0.4, -0.2) is 40.7 Å². The monoisotopic (exact) mass is 423 g/mol. The summed E-state index contributed by atoms with van der Waals surface area (Å²) in [6, 6.07) is 13.8. The maximum Gasteiger partial charge on any atom is 0.246 e. The van der Waals surface area contributed by atoms with Gasteiger partial charge in [0.1, 0.15) is 5.84 Å². The van der Waals surface area contributed by atoms with Crippen LogP contribution in [0.5, 0.6) is 0 Å². The van der Waals surface area contributed by atoms with Crippen molar-refractivity contribution in [1.29, 1.82) is 0 Å². The third kappa shape index (κ3) is 4.30.